The van der Waals surface area contributed by atoms with E-state index in [2.05, 4.69) is 24.0 Å². The molecule has 0 aliphatic carbocycles. The lowest BCUT2D eigenvalue weighted by molar-refractivity contribution is -0.158. The highest BCUT2D eigenvalue weighted by atomic mass is 35.5. The summed E-state index contributed by atoms with van der Waals surface area (Å²) in [4.78, 5) is 20.1. The molecule has 0 radical (unpaired) electrons. The molecule has 34 heavy (non-hydrogen) atoms. The van der Waals surface area contributed by atoms with E-state index in [1.807, 2.05) is 42.2 Å². The van der Waals surface area contributed by atoms with Crippen LogP contribution in [0.5, 0.6) is 5.75 Å². The SMILES string of the molecule is Cc1ccc(CN2CCO[C@@](COc3cc(C)c(Cl)c(C)c3)(CC(=O)N3CCC(O)CC3)C2)s1. The molecule has 0 bridgehead atoms. The highest BCUT2D eigenvalue weighted by molar-refractivity contribution is 7.11. The van der Waals surface area contributed by atoms with Gasteiger partial charge < -0.3 is 19.5 Å². The number of hydrogen-bond donors (Lipinski definition) is 1. The number of piperidine rings is 1. The van der Waals surface area contributed by atoms with E-state index >= 15 is 0 Å². The van der Waals surface area contributed by atoms with Crippen molar-refractivity contribution in [1.29, 1.82) is 0 Å². The van der Waals surface area contributed by atoms with Crippen LogP contribution < -0.4 is 4.74 Å². The summed E-state index contributed by atoms with van der Waals surface area (Å²) in [5, 5.41) is 10.6. The molecule has 1 aromatic carbocycles. The molecule has 0 saturated carbocycles. The quantitative estimate of drug-likeness (QED) is 0.605. The molecule has 8 heteroatoms. The predicted octanol–water partition coefficient (Wildman–Crippen LogP) is 4.35. The number of thiophene rings is 1. The van der Waals surface area contributed by atoms with Gasteiger partial charge >= 0.3 is 0 Å². The van der Waals surface area contributed by atoms with Crippen LogP contribution in [0.2, 0.25) is 5.02 Å². The van der Waals surface area contributed by atoms with Crippen molar-refractivity contribution in [2.75, 3.05) is 39.4 Å². The highest BCUT2D eigenvalue weighted by Crippen LogP contribution is 2.30. The molecule has 1 atom stereocenters. The molecule has 2 aliphatic heterocycles. The molecule has 1 amide bonds. The Morgan fingerprint density at radius 2 is 1.91 bits per heavy atom. The fourth-order valence-corrected chi connectivity index (χ4v) is 5.84. The van der Waals surface area contributed by atoms with Crippen LogP contribution in [0.3, 0.4) is 0 Å². The normalized spacial score (nSPS) is 22.2. The molecular weight excluding hydrogens is 472 g/mol. The smallest absolute Gasteiger partial charge is 0.225 e. The van der Waals surface area contributed by atoms with Crippen LogP contribution in [0, 0.1) is 20.8 Å². The first kappa shape index (κ1) is 25.5. The Hall–Kier alpha value is -1.64. The number of rotatable bonds is 7. The number of aliphatic hydroxyl groups is 1. The Balaban J connectivity index is 1.50. The van der Waals surface area contributed by atoms with Crippen molar-refractivity contribution in [2.45, 2.75) is 58.3 Å². The standard InChI is InChI=1S/C26H35ClN2O4S/c1-18-12-22(13-19(2)25(18)27)32-17-26(14-24(31)29-8-6-21(30)7-9-29)16-28(10-11-33-26)15-23-5-4-20(3)34-23/h4-5,12-13,21,30H,6-11,14-17H2,1-3H3/t26-/m0/s1. The molecule has 1 aromatic heterocycles. The largest absolute Gasteiger partial charge is 0.490 e. The third kappa shape index (κ3) is 6.32. The van der Waals surface area contributed by atoms with E-state index in [1.54, 1.807) is 0 Å². The number of benzene rings is 1. The van der Waals surface area contributed by atoms with Gasteiger partial charge in [-0.25, -0.2) is 0 Å². The van der Waals surface area contributed by atoms with Gasteiger partial charge in [0.25, 0.3) is 0 Å². The fourth-order valence-electron chi connectivity index (χ4n) is 4.80. The second-order valence-corrected chi connectivity index (χ2v) is 11.5. The molecular formula is C26H35ClN2O4S. The maximum Gasteiger partial charge on any atom is 0.225 e. The summed E-state index contributed by atoms with van der Waals surface area (Å²) < 4.78 is 12.6. The van der Waals surface area contributed by atoms with Crippen LogP contribution in [-0.2, 0) is 16.1 Å². The van der Waals surface area contributed by atoms with E-state index in [-0.39, 0.29) is 25.0 Å². The topological polar surface area (TPSA) is 62.2 Å². The molecule has 6 nitrogen and oxygen atoms in total. The summed E-state index contributed by atoms with van der Waals surface area (Å²) in [6.45, 7) is 10.4. The number of aliphatic hydroxyl groups excluding tert-OH is 1. The van der Waals surface area contributed by atoms with Gasteiger partial charge in [-0.15, -0.1) is 11.3 Å². The van der Waals surface area contributed by atoms with Crippen LogP contribution in [0.1, 0.15) is 40.1 Å². The van der Waals surface area contributed by atoms with Crippen LogP contribution in [0.25, 0.3) is 0 Å². The number of halogens is 1. The van der Waals surface area contributed by atoms with Crippen molar-refractivity contribution in [3.05, 3.63) is 50.2 Å². The minimum atomic E-state index is -0.737. The minimum Gasteiger partial charge on any atom is -0.490 e. The number of aryl methyl sites for hydroxylation is 3. The number of hydrogen-bond acceptors (Lipinski definition) is 6. The number of carbonyl (C=O) groups excluding carboxylic acids is 1. The van der Waals surface area contributed by atoms with E-state index in [1.165, 1.54) is 9.75 Å². The summed E-state index contributed by atoms with van der Waals surface area (Å²) >= 11 is 8.14. The van der Waals surface area contributed by atoms with Gasteiger partial charge in [-0.05, 0) is 69.0 Å². The first-order chi connectivity index (χ1) is 16.2. The van der Waals surface area contributed by atoms with Crippen molar-refractivity contribution in [1.82, 2.24) is 9.80 Å². The van der Waals surface area contributed by atoms with E-state index in [0.29, 0.717) is 39.1 Å². The summed E-state index contributed by atoms with van der Waals surface area (Å²) in [5.74, 6) is 0.801. The molecule has 0 unspecified atom stereocenters. The zero-order valence-electron chi connectivity index (χ0n) is 20.3. The first-order valence-corrected chi connectivity index (χ1v) is 13.2. The second kappa shape index (κ2) is 11.0. The van der Waals surface area contributed by atoms with Gasteiger partial charge in [-0.3, -0.25) is 9.69 Å². The monoisotopic (exact) mass is 506 g/mol. The van der Waals surface area contributed by atoms with Crippen molar-refractivity contribution < 1.29 is 19.4 Å². The Labute approximate surface area is 211 Å². The number of likely N-dealkylation sites (tertiary alicyclic amines) is 1. The second-order valence-electron chi connectivity index (χ2n) is 9.70. The molecule has 2 aliphatic rings. The van der Waals surface area contributed by atoms with E-state index in [9.17, 15) is 9.90 Å². The third-order valence-corrected chi connectivity index (χ3v) is 8.29. The van der Waals surface area contributed by atoms with Gasteiger partial charge in [0.15, 0.2) is 0 Å². The summed E-state index contributed by atoms with van der Waals surface area (Å²) in [7, 11) is 0. The number of amides is 1. The molecule has 2 saturated heterocycles. The van der Waals surface area contributed by atoms with Crippen molar-refractivity contribution in [2.24, 2.45) is 0 Å². The zero-order valence-corrected chi connectivity index (χ0v) is 21.9. The van der Waals surface area contributed by atoms with Crippen LogP contribution in [0.4, 0.5) is 0 Å². The Bertz CT molecular complexity index is 981. The average Bonchev–Trinajstić information content (AvgIpc) is 3.21. The first-order valence-electron chi connectivity index (χ1n) is 12.0. The fraction of sp³-hybridized carbons (Fsp3) is 0.577. The average molecular weight is 507 g/mol. The van der Waals surface area contributed by atoms with Crippen molar-refractivity contribution in [3.8, 4) is 5.75 Å². The van der Waals surface area contributed by atoms with Gasteiger partial charge in [0.2, 0.25) is 5.91 Å². The molecule has 186 valence electrons. The summed E-state index contributed by atoms with van der Waals surface area (Å²) in [5.41, 5.74) is 1.19. The van der Waals surface area contributed by atoms with Crippen LogP contribution in [-0.4, -0.2) is 71.9 Å². The van der Waals surface area contributed by atoms with Gasteiger partial charge in [-0.1, -0.05) is 11.6 Å². The molecule has 4 rings (SSSR count). The van der Waals surface area contributed by atoms with E-state index in [0.717, 1.165) is 35.0 Å². The number of carbonyl (C=O) groups is 1. The molecule has 3 heterocycles. The maximum absolute atomic E-state index is 13.3. The van der Waals surface area contributed by atoms with Crippen molar-refractivity contribution >= 4 is 28.8 Å². The van der Waals surface area contributed by atoms with Crippen LogP contribution >= 0.6 is 22.9 Å². The lowest BCUT2D eigenvalue weighted by Gasteiger charge is -2.43. The zero-order chi connectivity index (χ0) is 24.3. The number of nitrogens with zero attached hydrogens (tertiary/aromatic N) is 2. The van der Waals surface area contributed by atoms with Gasteiger partial charge in [0.05, 0.1) is 19.1 Å². The lowest BCUT2D eigenvalue weighted by atomic mass is 9.95. The minimum absolute atomic E-state index is 0.0628. The highest BCUT2D eigenvalue weighted by Gasteiger charge is 2.41. The van der Waals surface area contributed by atoms with Crippen LogP contribution in [0.15, 0.2) is 24.3 Å². The number of ether oxygens (including phenoxy) is 2. The van der Waals surface area contributed by atoms with Crippen molar-refractivity contribution in [3.63, 3.8) is 0 Å². The summed E-state index contributed by atoms with van der Waals surface area (Å²) in [6.07, 6.45) is 1.20. The number of morpholine rings is 1. The molecule has 1 N–H and O–H groups in total. The molecule has 0 spiro atoms. The molecule has 2 aromatic rings. The van der Waals surface area contributed by atoms with E-state index < -0.39 is 5.60 Å². The summed E-state index contributed by atoms with van der Waals surface area (Å²) in [6, 6.07) is 8.20. The Morgan fingerprint density at radius 3 is 2.56 bits per heavy atom. The van der Waals surface area contributed by atoms with Gasteiger partial charge in [-0.2, -0.15) is 0 Å². The lowest BCUT2D eigenvalue weighted by Crippen LogP contribution is -2.57. The third-order valence-electron chi connectivity index (χ3n) is 6.71. The van der Waals surface area contributed by atoms with Gasteiger partial charge in [0, 0.05) is 47.5 Å². The maximum atomic E-state index is 13.3. The molecule has 2 fully saturated rings. The van der Waals surface area contributed by atoms with Gasteiger partial charge in [0.1, 0.15) is 18.0 Å². The Kier molecular flexibility index (Phi) is 8.20. The predicted molar refractivity (Wildman–Crippen MR) is 136 cm³/mol. The van der Waals surface area contributed by atoms with E-state index in [4.69, 9.17) is 21.1 Å². The Morgan fingerprint density at radius 1 is 1.21 bits per heavy atom.